The van der Waals surface area contributed by atoms with Gasteiger partial charge in [0.2, 0.25) is 5.88 Å². The van der Waals surface area contributed by atoms with Gasteiger partial charge in [-0.1, -0.05) is 6.07 Å². The minimum Gasteiger partial charge on any atom is -0.494 e. The number of alkyl halides is 3. The molecule has 0 aliphatic carbocycles. The van der Waals surface area contributed by atoms with Crippen molar-refractivity contribution in [3.05, 3.63) is 54.0 Å². The number of nitrogens with zero attached hydrogens (tertiary/aromatic N) is 6. The lowest BCUT2D eigenvalue weighted by atomic mass is 10.2. The lowest BCUT2D eigenvalue weighted by Crippen LogP contribution is -2.09. The minimum atomic E-state index is -4.43. The van der Waals surface area contributed by atoms with Gasteiger partial charge in [0.15, 0.2) is 0 Å². The van der Waals surface area contributed by atoms with Crippen LogP contribution in [0.4, 0.5) is 13.2 Å². The van der Waals surface area contributed by atoms with Crippen LogP contribution in [0.5, 0.6) is 11.6 Å². The first kappa shape index (κ1) is 24.0. The van der Waals surface area contributed by atoms with Crippen LogP contribution in [0, 0.1) is 0 Å². The quantitative estimate of drug-likeness (QED) is 0.258. The minimum absolute atomic E-state index is 0.136. The van der Waals surface area contributed by atoms with Crippen molar-refractivity contribution in [1.29, 1.82) is 0 Å². The number of halogens is 3. The van der Waals surface area contributed by atoms with E-state index in [0.717, 1.165) is 12.1 Å². The number of hydrogen-bond acceptors (Lipinski definition) is 8. The van der Waals surface area contributed by atoms with Gasteiger partial charge >= 0.3 is 12.1 Å². The predicted molar refractivity (Wildman–Crippen MR) is 117 cm³/mol. The van der Waals surface area contributed by atoms with Crippen LogP contribution < -0.4 is 9.47 Å². The number of fused-ring (bicyclic) bond motifs is 1. The Morgan fingerprint density at radius 2 is 1.97 bits per heavy atom. The van der Waals surface area contributed by atoms with E-state index in [2.05, 4.69) is 20.2 Å². The molecule has 0 bridgehead atoms. The summed E-state index contributed by atoms with van der Waals surface area (Å²) in [4.78, 5) is 20.7. The molecule has 0 fully saturated rings. The third-order valence-electron chi connectivity index (χ3n) is 4.88. The van der Waals surface area contributed by atoms with Gasteiger partial charge in [0.25, 0.3) is 5.95 Å². The van der Waals surface area contributed by atoms with E-state index >= 15 is 0 Å². The number of methoxy groups -OCH3 is 1. The molecule has 4 aromatic rings. The number of rotatable bonds is 9. The summed E-state index contributed by atoms with van der Waals surface area (Å²) in [6, 6.07) is 4.72. The van der Waals surface area contributed by atoms with Crippen molar-refractivity contribution >= 4 is 17.0 Å². The summed E-state index contributed by atoms with van der Waals surface area (Å²) in [6.45, 7) is 2.51. The summed E-state index contributed by atoms with van der Waals surface area (Å²) < 4.78 is 57.4. The van der Waals surface area contributed by atoms with Crippen LogP contribution in [0.1, 0.15) is 29.3 Å². The monoisotopic (exact) mass is 490 g/mol. The second-order valence-corrected chi connectivity index (χ2v) is 7.26. The summed E-state index contributed by atoms with van der Waals surface area (Å²) in [5, 5.41) is 8.42. The molecule has 0 amide bonds. The maximum atomic E-state index is 12.8. The van der Waals surface area contributed by atoms with E-state index in [1.807, 2.05) is 0 Å². The van der Waals surface area contributed by atoms with Crippen LogP contribution in [-0.4, -0.2) is 55.8 Å². The van der Waals surface area contributed by atoms with E-state index in [1.54, 1.807) is 11.6 Å². The lowest BCUT2D eigenvalue weighted by molar-refractivity contribution is -0.137. The average molecular weight is 490 g/mol. The zero-order chi connectivity index (χ0) is 25.0. The zero-order valence-electron chi connectivity index (χ0n) is 18.8. The highest BCUT2D eigenvalue weighted by atomic mass is 19.4. The lowest BCUT2D eigenvalue weighted by Gasteiger charge is -2.11. The molecule has 4 rings (SSSR count). The van der Waals surface area contributed by atoms with Crippen LogP contribution in [-0.2, 0) is 17.5 Å². The van der Waals surface area contributed by atoms with Crippen molar-refractivity contribution in [2.45, 2.75) is 26.1 Å². The van der Waals surface area contributed by atoms with Crippen LogP contribution in [0.25, 0.3) is 17.0 Å². The van der Waals surface area contributed by atoms with E-state index in [0.29, 0.717) is 24.0 Å². The molecule has 0 atom stereocenters. The van der Waals surface area contributed by atoms with Gasteiger partial charge in [-0.25, -0.2) is 14.5 Å². The largest absolute Gasteiger partial charge is 0.494 e. The molecule has 0 aliphatic rings. The summed E-state index contributed by atoms with van der Waals surface area (Å²) in [7, 11) is 1.45. The fourth-order valence-corrected chi connectivity index (χ4v) is 3.29. The Balaban J connectivity index is 1.46. The molecular formula is C22H21F3N6O4. The highest BCUT2D eigenvalue weighted by Gasteiger charge is 2.30. The molecule has 0 unspecified atom stereocenters. The number of hydrogen-bond donors (Lipinski definition) is 0. The first-order valence-electron chi connectivity index (χ1n) is 10.6. The molecule has 0 radical (unpaired) electrons. The van der Waals surface area contributed by atoms with E-state index in [4.69, 9.17) is 14.2 Å². The van der Waals surface area contributed by atoms with Crippen LogP contribution >= 0.6 is 0 Å². The zero-order valence-corrected chi connectivity index (χ0v) is 18.8. The van der Waals surface area contributed by atoms with Gasteiger partial charge in [-0.2, -0.15) is 28.4 Å². The second-order valence-electron chi connectivity index (χ2n) is 7.26. The number of ether oxygens (including phenoxy) is 3. The molecule has 0 saturated heterocycles. The molecule has 0 saturated carbocycles. The summed E-state index contributed by atoms with van der Waals surface area (Å²) in [5.41, 5.74) is 0.509. The Morgan fingerprint density at radius 1 is 1.14 bits per heavy atom. The molecule has 13 heteroatoms. The van der Waals surface area contributed by atoms with E-state index in [-0.39, 0.29) is 36.4 Å². The van der Waals surface area contributed by atoms with Crippen molar-refractivity contribution in [2.24, 2.45) is 0 Å². The Labute approximate surface area is 197 Å². The highest BCUT2D eigenvalue weighted by Crippen LogP contribution is 2.31. The number of carbonyl (C=O) groups excluding carboxylic acids is 1. The second kappa shape index (κ2) is 9.99. The third kappa shape index (κ3) is 5.34. The smallest absolute Gasteiger partial charge is 0.416 e. The molecule has 0 spiro atoms. The fourth-order valence-electron chi connectivity index (χ4n) is 3.29. The highest BCUT2D eigenvalue weighted by molar-refractivity contribution is 5.88. The summed E-state index contributed by atoms with van der Waals surface area (Å²) in [5.74, 6) is 0.0517. The molecule has 184 valence electrons. The molecular weight excluding hydrogens is 469 g/mol. The normalized spacial score (nSPS) is 11.6. The van der Waals surface area contributed by atoms with Gasteiger partial charge in [0.05, 0.1) is 43.8 Å². The Bertz CT molecular complexity index is 1330. The van der Waals surface area contributed by atoms with Crippen LogP contribution in [0.3, 0.4) is 0 Å². The van der Waals surface area contributed by atoms with Crippen molar-refractivity contribution in [1.82, 2.24) is 29.5 Å². The van der Waals surface area contributed by atoms with E-state index in [9.17, 15) is 18.0 Å². The molecule has 3 aromatic heterocycles. The Kier molecular flexibility index (Phi) is 6.85. The summed E-state index contributed by atoms with van der Waals surface area (Å²) >= 11 is 0. The third-order valence-corrected chi connectivity index (χ3v) is 4.88. The van der Waals surface area contributed by atoms with Crippen LogP contribution in [0.15, 0.2) is 42.9 Å². The van der Waals surface area contributed by atoms with Crippen molar-refractivity contribution < 1.29 is 32.2 Å². The van der Waals surface area contributed by atoms with E-state index < -0.39 is 17.7 Å². The average Bonchev–Trinajstić information content (AvgIpc) is 3.49. The van der Waals surface area contributed by atoms with Gasteiger partial charge in [0.1, 0.15) is 16.8 Å². The van der Waals surface area contributed by atoms with Gasteiger partial charge in [0, 0.05) is 19.2 Å². The molecule has 0 N–H and O–H groups in total. The molecule has 1 aromatic carbocycles. The first-order valence-corrected chi connectivity index (χ1v) is 10.6. The number of carbonyl (C=O) groups is 1. The van der Waals surface area contributed by atoms with Gasteiger partial charge < -0.3 is 14.2 Å². The molecule has 0 aliphatic heterocycles. The van der Waals surface area contributed by atoms with Crippen LogP contribution in [0.2, 0.25) is 0 Å². The first-order chi connectivity index (χ1) is 16.8. The summed E-state index contributed by atoms with van der Waals surface area (Å²) in [6.07, 6.45) is 0.367. The SMILES string of the molecule is CCOC(=O)c1cnn(-c2nc(OC)c3c(cnn3CCCOc3cccc(C(F)(F)F)c3)n2)c1. The van der Waals surface area contributed by atoms with Crippen molar-refractivity contribution in [2.75, 3.05) is 20.3 Å². The predicted octanol–water partition coefficient (Wildman–Crippen LogP) is 3.69. The molecule has 35 heavy (non-hydrogen) atoms. The van der Waals surface area contributed by atoms with E-state index in [1.165, 1.54) is 42.5 Å². The molecule has 10 nitrogen and oxygen atoms in total. The Hall–Kier alpha value is -4.16. The standard InChI is InChI=1S/C22H21F3N6O4/c1-3-34-20(32)14-11-26-31(13-14)21-28-17-12-27-30(18(17)19(29-21)33-2)8-5-9-35-16-7-4-6-15(10-16)22(23,24)25/h4,6-7,10-13H,3,5,8-9H2,1-2H3. The number of benzene rings is 1. The topological polar surface area (TPSA) is 106 Å². The van der Waals surface area contributed by atoms with Gasteiger partial charge in [-0.05, 0) is 25.1 Å². The fraction of sp³-hybridized carbons (Fsp3) is 0.318. The molecule has 3 heterocycles. The van der Waals surface area contributed by atoms with Crippen molar-refractivity contribution in [3.63, 3.8) is 0 Å². The van der Waals surface area contributed by atoms with Gasteiger partial charge in [-0.15, -0.1) is 0 Å². The maximum absolute atomic E-state index is 12.8. The Morgan fingerprint density at radius 3 is 2.71 bits per heavy atom. The number of aryl methyl sites for hydroxylation is 1. The number of aromatic nitrogens is 6. The van der Waals surface area contributed by atoms with Gasteiger partial charge in [-0.3, -0.25) is 4.68 Å². The number of esters is 1. The van der Waals surface area contributed by atoms with Crippen molar-refractivity contribution in [3.8, 4) is 17.6 Å². The maximum Gasteiger partial charge on any atom is 0.416 e.